The summed E-state index contributed by atoms with van der Waals surface area (Å²) in [5, 5.41) is 9.25. The van der Waals surface area contributed by atoms with Gasteiger partial charge < -0.3 is 19.5 Å². The van der Waals surface area contributed by atoms with E-state index in [0.29, 0.717) is 30.5 Å². The van der Waals surface area contributed by atoms with Crippen molar-refractivity contribution in [2.75, 3.05) is 27.3 Å². The van der Waals surface area contributed by atoms with Gasteiger partial charge in [0.25, 0.3) is 0 Å². The molecule has 30 heavy (non-hydrogen) atoms. The molecule has 1 aromatic carbocycles. The van der Waals surface area contributed by atoms with Gasteiger partial charge >= 0.3 is 6.09 Å². The molecule has 0 aliphatic carbocycles. The molecule has 2 heterocycles. The van der Waals surface area contributed by atoms with Crippen LogP contribution in [0.3, 0.4) is 0 Å². The van der Waals surface area contributed by atoms with Crippen LogP contribution in [0, 0.1) is 11.3 Å². The van der Waals surface area contributed by atoms with E-state index in [9.17, 15) is 9.90 Å². The lowest BCUT2D eigenvalue weighted by atomic mass is 9.72. The topological polar surface area (TPSA) is 71.9 Å². The Morgan fingerprint density at radius 1 is 1.07 bits per heavy atom. The van der Waals surface area contributed by atoms with E-state index in [-0.39, 0.29) is 5.41 Å². The van der Waals surface area contributed by atoms with Gasteiger partial charge in [-0.05, 0) is 65.1 Å². The fourth-order valence-electron chi connectivity index (χ4n) is 4.17. The minimum atomic E-state index is -0.829. The molecule has 1 fully saturated rings. The Labute approximate surface area is 178 Å². The van der Waals surface area contributed by atoms with Crippen molar-refractivity contribution in [1.82, 2.24) is 9.88 Å². The second kappa shape index (κ2) is 9.20. The number of carboxylic acid groups (broad SMARTS) is 1. The van der Waals surface area contributed by atoms with Crippen LogP contribution in [-0.2, 0) is 0 Å². The Morgan fingerprint density at radius 2 is 1.70 bits per heavy atom. The molecule has 2 aromatic rings. The molecule has 6 nitrogen and oxygen atoms in total. The van der Waals surface area contributed by atoms with Crippen LogP contribution in [-0.4, -0.2) is 48.4 Å². The monoisotopic (exact) mass is 410 g/mol. The third kappa shape index (κ3) is 4.75. The molecule has 0 unspecified atom stereocenters. The first kappa shape index (κ1) is 21.7. The SMILES string of the molecule is COc1ccc(C(=CC(C)(C)C2CCN(C(=O)O)CC2)c2ccncc2)cc1OC. The molecule has 0 bridgehead atoms. The van der Waals surface area contributed by atoms with Crippen molar-refractivity contribution in [1.29, 1.82) is 0 Å². The van der Waals surface area contributed by atoms with Gasteiger partial charge in [-0.15, -0.1) is 0 Å². The number of pyridine rings is 1. The zero-order chi connectivity index (χ0) is 21.7. The van der Waals surface area contributed by atoms with E-state index in [4.69, 9.17) is 9.47 Å². The van der Waals surface area contributed by atoms with E-state index in [2.05, 4.69) is 24.9 Å². The van der Waals surface area contributed by atoms with Crippen LogP contribution in [0.15, 0.2) is 48.8 Å². The maximum absolute atomic E-state index is 11.3. The zero-order valence-electron chi connectivity index (χ0n) is 18.1. The first-order valence-electron chi connectivity index (χ1n) is 10.2. The minimum Gasteiger partial charge on any atom is -0.493 e. The van der Waals surface area contributed by atoms with Crippen molar-refractivity contribution >= 4 is 11.7 Å². The number of carbonyl (C=O) groups is 1. The number of rotatable bonds is 6. The van der Waals surface area contributed by atoms with Crippen molar-refractivity contribution in [2.45, 2.75) is 26.7 Å². The van der Waals surface area contributed by atoms with Crippen LogP contribution in [0.4, 0.5) is 4.79 Å². The van der Waals surface area contributed by atoms with E-state index in [1.54, 1.807) is 26.6 Å². The van der Waals surface area contributed by atoms with E-state index in [1.807, 2.05) is 30.3 Å². The fourth-order valence-corrected chi connectivity index (χ4v) is 4.17. The Balaban J connectivity index is 1.99. The van der Waals surface area contributed by atoms with E-state index in [0.717, 1.165) is 29.5 Å². The number of methoxy groups -OCH3 is 2. The molecule has 1 aliphatic rings. The highest BCUT2D eigenvalue weighted by Crippen LogP contribution is 2.41. The van der Waals surface area contributed by atoms with Crippen LogP contribution < -0.4 is 9.47 Å². The molecule has 1 N–H and O–H groups in total. The van der Waals surface area contributed by atoms with Gasteiger partial charge in [0, 0.05) is 25.5 Å². The van der Waals surface area contributed by atoms with Crippen LogP contribution in [0.2, 0.25) is 0 Å². The second-order valence-electron chi connectivity index (χ2n) is 8.23. The highest BCUT2D eigenvalue weighted by Gasteiger charge is 2.33. The molecular formula is C24H30N2O4. The predicted octanol–water partition coefficient (Wildman–Crippen LogP) is 4.95. The standard InChI is InChI=1S/C24H30N2O4/c1-24(2,19-9-13-26(14-10-19)23(27)28)16-20(17-7-11-25-12-8-17)18-5-6-21(29-3)22(15-18)30-4/h5-8,11-12,15-16,19H,9-10,13-14H2,1-4H3,(H,27,28). The second-order valence-corrected chi connectivity index (χ2v) is 8.23. The number of piperidine rings is 1. The Morgan fingerprint density at radius 3 is 2.27 bits per heavy atom. The van der Waals surface area contributed by atoms with E-state index in [1.165, 1.54) is 4.90 Å². The summed E-state index contributed by atoms with van der Waals surface area (Å²) < 4.78 is 10.9. The highest BCUT2D eigenvalue weighted by molar-refractivity contribution is 5.81. The average molecular weight is 411 g/mol. The maximum Gasteiger partial charge on any atom is 0.407 e. The number of hydrogen-bond acceptors (Lipinski definition) is 4. The van der Waals surface area contributed by atoms with Gasteiger partial charge in [-0.3, -0.25) is 4.98 Å². The van der Waals surface area contributed by atoms with Gasteiger partial charge in [0.1, 0.15) is 0 Å². The molecular weight excluding hydrogens is 380 g/mol. The molecule has 1 saturated heterocycles. The van der Waals surface area contributed by atoms with Gasteiger partial charge in [0.05, 0.1) is 14.2 Å². The molecule has 0 radical (unpaired) electrons. The van der Waals surface area contributed by atoms with Gasteiger partial charge in [-0.25, -0.2) is 4.79 Å². The summed E-state index contributed by atoms with van der Waals surface area (Å²) in [6, 6.07) is 9.96. The number of ether oxygens (including phenoxy) is 2. The van der Waals surface area contributed by atoms with Gasteiger partial charge in [0.2, 0.25) is 0 Å². The summed E-state index contributed by atoms with van der Waals surface area (Å²) in [7, 11) is 3.27. The van der Waals surface area contributed by atoms with Crippen molar-refractivity contribution in [2.24, 2.45) is 11.3 Å². The number of hydrogen-bond donors (Lipinski definition) is 1. The number of likely N-dealkylation sites (tertiary alicyclic amines) is 1. The summed E-state index contributed by atoms with van der Waals surface area (Å²) >= 11 is 0. The third-order valence-electron chi connectivity index (χ3n) is 6.02. The van der Waals surface area contributed by atoms with Crippen LogP contribution in [0.1, 0.15) is 37.8 Å². The van der Waals surface area contributed by atoms with E-state index < -0.39 is 6.09 Å². The third-order valence-corrected chi connectivity index (χ3v) is 6.02. The molecule has 1 aliphatic heterocycles. The molecule has 1 amide bonds. The van der Waals surface area contributed by atoms with Crippen LogP contribution in [0.25, 0.3) is 5.57 Å². The number of aromatic nitrogens is 1. The first-order chi connectivity index (χ1) is 14.4. The predicted molar refractivity (Wildman–Crippen MR) is 117 cm³/mol. The molecule has 3 rings (SSSR count). The zero-order valence-corrected chi connectivity index (χ0v) is 18.1. The Kier molecular flexibility index (Phi) is 6.65. The molecule has 0 atom stereocenters. The molecule has 0 saturated carbocycles. The average Bonchev–Trinajstić information content (AvgIpc) is 2.77. The lowest BCUT2D eigenvalue weighted by Gasteiger charge is -2.39. The van der Waals surface area contributed by atoms with Crippen LogP contribution in [0.5, 0.6) is 11.5 Å². The van der Waals surface area contributed by atoms with Crippen LogP contribution >= 0.6 is 0 Å². The number of allylic oxidation sites excluding steroid dienone is 1. The Bertz CT molecular complexity index is 901. The summed E-state index contributed by atoms with van der Waals surface area (Å²) in [6.07, 6.45) is 6.77. The first-order valence-corrected chi connectivity index (χ1v) is 10.2. The van der Waals surface area contributed by atoms with Gasteiger partial charge in [-0.1, -0.05) is 26.0 Å². The van der Waals surface area contributed by atoms with Crippen molar-refractivity contribution in [3.63, 3.8) is 0 Å². The minimum absolute atomic E-state index is 0.115. The fraction of sp³-hybridized carbons (Fsp3) is 0.417. The number of benzene rings is 1. The molecule has 1 aromatic heterocycles. The number of nitrogens with zero attached hydrogens (tertiary/aromatic N) is 2. The summed E-state index contributed by atoms with van der Waals surface area (Å²) in [6.45, 7) is 5.63. The molecule has 0 spiro atoms. The van der Waals surface area contributed by atoms with Crippen molar-refractivity contribution in [3.8, 4) is 11.5 Å². The summed E-state index contributed by atoms with van der Waals surface area (Å²) in [5.74, 6) is 1.77. The normalized spacial score (nSPS) is 15.7. The summed E-state index contributed by atoms with van der Waals surface area (Å²) in [5.41, 5.74) is 3.10. The maximum atomic E-state index is 11.3. The quantitative estimate of drug-likeness (QED) is 0.730. The largest absolute Gasteiger partial charge is 0.493 e. The number of amides is 1. The molecule has 6 heteroatoms. The lowest BCUT2D eigenvalue weighted by molar-refractivity contribution is 0.104. The highest BCUT2D eigenvalue weighted by atomic mass is 16.5. The van der Waals surface area contributed by atoms with Crippen molar-refractivity contribution < 1.29 is 19.4 Å². The molecule has 160 valence electrons. The van der Waals surface area contributed by atoms with Gasteiger partial charge in [0.15, 0.2) is 11.5 Å². The smallest absolute Gasteiger partial charge is 0.407 e. The van der Waals surface area contributed by atoms with Crippen molar-refractivity contribution in [3.05, 3.63) is 59.9 Å². The Hall–Kier alpha value is -3.02. The lowest BCUT2D eigenvalue weighted by Crippen LogP contribution is -2.41. The van der Waals surface area contributed by atoms with Gasteiger partial charge in [-0.2, -0.15) is 0 Å². The van der Waals surface area contributed by atoms with E-state index >= 15 is 0 Å². The summed E-state index contributed by atoms with van der Waals surface area (Å²) in [4.78, 5) is 16.9.